The lowest BCUT2D eigenvalue weighted by Gasteiger charge is -2.34. The van der Waals surface area contributed by atoms with Gasteiger partial charge in [-0.1, -0.05) is 23.5 Å². The lowest BCUT2D eigenvalue weighted by Crippen LogP contribution is -2.48. The van der Waals surface area contributed by atoms with E-state index in [0.717, 1.165) is 9.83 Å². The van der Waals surface area contributed by atoms with Crippen LogP contribution >= 0.6 is 11.3 Å². The van der Waals surface area contributed by atoms with Gasteiger partial charge in [0, 0.05) is 38.0 Å². The molecule has 6 nitrogen and oxygen atoms in total. The Labute approximate surface area is 166 Å². The Hall–Kier alpha value is -2.52. The fourth-order valence-corrected chi connectivity index (χ4v) is 5.19. The number of halogens is 1. The molecule has 0 bridgehead atoms. The van der Waals surface area contributed by atoms with E-state index in [1.807, 2.05) is 11.0 Å². The number of nitrogens with zero attached hydrogens (tertiary/aromatic N) is 3. The lowest BCUT2D eigenvalue weighted by molar-refractivity contribution is 0.0746. The molecule has 0 spiro atoms. The van der Waals surface area contributed by atoms with Crippen LogP contribution in [0.15, 0.2) is 47.4 Å². The van der Waals surface area contributed by atoms with Gasteiger partial charge in [-0.3, -0.25) is 4.79 Å². The van der Waals surface area contributed by atoms with E-state index < -0.39 is 15.7 Å². The Morgan fingerprint density at radius 2 is 1.82 bits per heavy atom. The number of carbonyl (C=O) groups excluding carboxylic acids is 1. The van der Waals surface area contributed by atoms with Crippen LogP contribution in [-0.2, 0) is 9.84 Å². The van der Waals surface area contributed by atoms with E-state index in [4.69, 9.17) is 0 Å². The topological polar surface area (TPSA) is 70.6 Å². The zero-order chi connectivity index (χ0) is 19.9. The average molecular weight is 420 g/mol. The highest BCUT2D eigenvalue weighted by Gasteiger charge is 2.25. The maximum atomic E-state index is 13.4. The highest BCUT2D eigenvalue weighted by Crippen LogP contribution is 2.33. The van der Waals surface area contributed by atoms with Crippen molar-refractivity contribution in [1.82, 2.24) is 9.88 Å². The molecule has 0 N–H and O–H groups in total. The number of carbonyl (C=O) groups is 1. The van der Waals surface area contributed by atoms with Gasteiger partial charge in [-0.15, -0.1) is 0 Å². The van der Waals surface area contributed by atoms with Gasteiger partial charge in [0.2, 0.25) is 0 Å². The number of piperazine rings is 1. The predicted molar refractivity (Wildman–Crippen MR) is 107 cm³/mol. The predicted octanol–water partition coefficient (Wildman–Crippen LogP) is 2.80. The fourth-order valence-electron chi connectivity index (χ4n) is 3.25. The maximum absolute atomic E-state index is 13.4. The smallest absolute Gasteiger partial charge is 0.254 e. The van der Waals surface area contributed by atoms with E-state index in [1.165, 1.54) is 35.8 Å². The first-order valence-electron chi connectivity index (χ1n) is 8.72. The van der Waals surface area contributed by atoms with Gasteiger partial charge < -0.3 is 9.80 Å². The lowest BCUT2D eigenvalue weighted by atomic mass is 10.2. The van der Waals surface area contributed by atoms with Crippen molar-refractivity contribution in [3.8, 4) is 0 Å². The van der Waals surface area contributed by atoms with Gasteiger partial charge >= 0.3 is 0 Å². The van der Waals surface area contributed by atoms with Crippen LogP contribution < -0.4 is 4.90 Å². The molecule has 146 valence electrons. The number of anilines is 1. The van der Waals surface area contributed by atoms with Gasteiger partial charge in [-0.2, -0.15) is 0 Å². The molecular formula is C19H18FN3O3S2. The first kappa shape index (κ1) is 18.8. The van der Waals surface area contributed by atoms with Gasteiger partial charge in [0.15, 0.2) is 15.0 Å². The van der Waals surface area contributed by atoms with Gasteiger partial charge in [-0.25, -0.2) is 17.8 Å². The van der Waals surface area contributed by atoms with E-state index in [1.54, 1.807) is 23.1 Å². The zero-order valence-electron chi connectivity index (χ0n) is 15.1. The molecule has 28 heavy (non-hydrogen) atoms. The molecule has 2 aromatic carbocycles. The van der Waals surface area contributed by atoms with Crippen LogP contribution in [0.2, 0.25) is 0 Å². The van der Waals surface area contributed by atoms with Crippen LogP contribution in [0.1, 0.15) is 10.4 Å². The number of thiazole rings is 1. The molecule has 1 aromatic heterocycles. The Morgan fingerprint density at radius 3 is 2.50 bits per heavy atom. The monoisotopic (exact) mass is 419 g/mol. The number of sulfone groups is 1. The summed E-state index contributed by atoms with van der Waals surface area (Å²) in [6.45, 7) is 2.14. The molecule has 1 amide bonds. The van der Waals surface area contributed by atoms with Crippen LogP contribution in [0.4, 0.5) is 9.52 Å². The number of hydrogen-bond donors (Lipinski definition) is 0. The molecule has 0 atom stereocenters. The number of amides is 1. The second-order valence-electron chi connectivity index (χ2n) is 6.66. The van der Waals surface area contributed by atoms with Gasteiger partial charge in [0.25, 0.3) is 5.91 Å². The second-order valence-corrected chi connectivity index (χ2v) is 9.65. The molecule has 3 aromatic rings. The molecule has 0 unspecified atom stereocenters. The minimum Gasteiger partial charge on any atom is -0.345 e. The Kier molecular flexibility index (Phi) is 4.80. The van der Waals surface area contributed by atoms with E-state index >= 15 is 0 Å². The molecule has 0 radical (unpaired) electrons. The quantitative estimate of drug-likeness (QED) is 0.653. The van der Waals surface area contributed by atoms with Crippen molar-refractivity contribution in [2.24, 2.45) is 0 Å². The number of hydrogen-bond acceptors (Lipinski definition) is 6. The number of para-hydroxylation sites is 1. The number of rotatable bonds is 3. The summed E-state index contributed by atoms with van der Waals surface area (Å²) in [6, 6.07) is 10.8. The van der Waals surface area contributed by atoms with Gasteiger partial charge in [-0.05, 0) is 30.3 Å². The number of fused-ring (bicyclic) bond motifs is 1. The minimum absolute atomic E-state index is 0.192. The normalized spacial score (nSPS) is 15.2. The third-order valence-corrected chi connectivity index (χ3v) is 6.89. The highest BCUT2D eigenvalue weighted by molar-refractivity contribution is 7.91. The third-order valence-electron chi connectivity index (χ3n) is 4.68. The van der Waals surface area contributed by atoms with Crippen LogP contribution in [0.5, 0.6) is 0 Å². The summed E-state index contributed by atoms with van der Waals surface area (Å²) in [4.78, 5) is 21.1. The molecule has 1 saturated heterocycles. The van der Waals surface area contributed by atoms with Gasteiger partial charge in [0.05, 0.1) is 9.60 Å². The van der Waals surface area contributed by atoms with Crippen LogP contribution in [0.3, 0.4) is 0 Å². The summed E-state index contributed by atoms with van der Waals surface area (Å²) in [5.74, 6) is -0.622. The van der Waals surface area contributed by atoms with E-state index in [0.29, 0.717) is 37.3 Å². The van der Waals surface area contributed by atoms with Crippen molar-refractivity contribution in [3.05, 3.63) is 53.8 Å². The second kappa shape index (κ2) is 7.14. The summed E-state index contributed by atoms with van der Waals surface area (Å²) >= 11 is 1.44. The zero-order valence-corrected chi connectivity index (χ0v) is 16.8. The summed E-state index contributed by atoms with van der Waals surface area (Å²) in [7, 11) is -3.36. The van der Waals surface area contributed by atoms with E-state index in [-0.39, 0.29) is 10.8 Å². The molecule has 0 aliphatic carbocycles. The Bertz CT molecular complexity index is 1150. The van der Waals surface area contributed by atoms with Crippen molar-refractivity contribution >= 4 is 42.4 Å². The molecular weight excluding hydrogens is 401 g/mol. The van der Waals surface area contributed by atoms with Crippen LogP contribution in [0, 0.1) is 5.82 Å². The van der Waals surface area contributed by atoms with Crippen molar-refractivity contribution in [3.63, 3.8) is 0 Å². The summed E-state index contributed by atoms with van der Waals surface area (Å²) in [5.41, 5.74) is 0.828. The first-order chi connectivity index (χ1) is 13.3. The van der Waals surface area contributed by atoms with Crippen molar-refractivity contribution in [2.45, 2.75) is 4.90 Å². The molecule has 4 rings (SSSR count). The van der Waals surface area contributed by atoms with Crippen molar-refractivity contribution in [2.75, 3.05) is 37.3 Å². The average Bonchev–Trinajstić information content (AvgIpc) is 3.11. The molecule has 1 aliphatic heterocycles. The van der Waals surface area contributed by atoms with Gasteiger partial charge in [0.1, 0.15) is 11.3 Å². The molecule has 9 heteroatoms. The Balaban J connectivity index is 1.52. The van der Waals surface area contributed by atoms with E-state index in [9.17, 15) is 17.6 Å². The number of benzene rings is 2. The van der Waals surface area contributed by atoms with Crippen molar-refractivity contribution < 1.29 is 17.6 Å². The SMILES string of the molecule is CS(=O)(=O)c1cccc2sc(N3CCN(C(=O)c4cccc(F)c4)CC3)nc12. The first-order valence-corrected chi connectivity index (χ1v) is 11.4. The molecule has 1 fully saturated rings. The van der Waals surface area contributed by atoms with Crippen LogP contribution in [0.25, 0.3) is 10.2 Å². The minimum atomic E-state index is -3.36. The summed E-state index contributed by atoms with van der Waals surface area (Å²) in [6.07, 6.45) is 1.18. The Morgan fingerprint density at radius 1 is 1.11 bits per heavy atom. The third kappa shape index (κ3) is 3.59. The van der Waals surface area contributed by atoms with Crippen LogP contribution in [-0.4, -0.2) is 56.6 Å². The molecule has 0 saturated carbocycles. The summed E-state index contributed by atoms with van der Waals surface area (Å²) in [5, 5.41) is 0.740. The maximum Gasteiger partial charge on any atom is 0.254 e. The summed E-state index contributed by atoms with van der Waals surface area (Å²) < 4.78 is 38.2. The standard InChI is InChI=1S/C19H18FN3O3S2/c1-28(25,26)16-7-3-6-15-17(16)21-19(27-15)23-10-8-22(9-11-23)18(24)13-4-2-5-14(20)12-13/h2-7,12H,8-11H2,1H3. The number of aromatic nitrogens is 1. The molecule has 1 aliphatic rings. The highest BCUT2D eigenvalue weighted by atomic mass is 32.2. The largest absolute Gasteiger partial charge is 0.345 e. The fraction of sp³-hybridized carbons (Fsp3) is 0.263. The van der Waals surface area contributed by atoms with E-state index in [2.05, 4.69) is 4.98 Å². The molecule has 2 heterocycles. The van der Waals surface area contributed by atoms with Crippen molar-refractivity contribution in [1.29, 1.82) is 0 Å².